The van der Waals surface area contributed by atoms with Gasteiger partial charge in [0, 0.05) is 5.02 Å². The first-order chi connectivity index (χ1) is 15.1. The van der Waals surface area contributed by atoms with E-state index in [1.165, 1.54) is 16.7 Å². The Balaban J connectivity index is 1.59. The number of hydrogen-bond donors (Lipinski definition) is 0. The highest BCUT2D eigenvalue weighted by molar-refractivity contribution is 6.30. The van der Waals surface area contributed by atoms with Crippen LogP contribution in [0, 0.1) is 11.3 Å². The van der Waals surface area contributed by atoms with Crippen molar-refractivity contribution in [3.05, 3.63) is 69.7 Å². The van der Waals surface area contributed by atoms with E-state index in [2.05, 4.69) is 51.0 Å². The third kappa shape index (κ3) is 4.01. The van der Waals surface area contributed by atoms with Crippen LogP contribution in [0.5, 0.6) is 0 Å². The first-order valence-electron chi connectivity index (χ1n) is 11.8. The first-order valence-corrected chi connectivity index (χ1v) is 12.2. The Bertz CT molecular complexity index is 1040. The van der Waals surface area contributed by atoms with Crippen molar-refractivity contribution in [2.24, 2.45) is 16.5 Å². The summed E-state index contributed by atoms with van der Waals surface area (Å²) in [4.78, 5) is 19.0. The lowest BCUT2D eigenvalue weighted by molar-refractivity contribution is -0.164. The molecule has 0 amide bonds. The van der Waals surface area contributed by atoms with Crippen LogP contribution in [0.15, 0.2) is 47.6 Å². The fraction of sp³-hybridized carbons (Fsp3) is 0.500. The summed E-state index contributed by atoms with van der Waals surface area (Å²) in [6.45, 7) is 10.8. The summed E-state index contributed by atoms with van der Waals surface area (Å²) in [5, 5.41) is 4.88. The van der Waals surface area contributed by atoms with Gasteiger partial charge in [-0.05, 0) is 91.2 Å². The van der Waals surface area contributed by atoms with E-state index in [0.717, 1.165) is 37.7 Å². The van der Waals surface area contributed by atoms with Gasteiger partial charge in [0.2, 0.25) is 0 Å². The summed E-state index contributed by atoms with van der Waals surface area (Å²) < 4.78 is 0. The van der Waals surface area contributed by atoms with Gasteiger partial charge < -0.3 is 4.84 Å². The predicted octanol–water partition coefficient (Wildman–Crippen LogP) is 7.44. The Kier molecular flexibility index (Phi) is 6.24. The molecule has 0 heterocycles. The van der Waals surface area contributed by atoms with Crippen molar-refractivity contribution in [1.29, 1.82) is 0 Å². The monoisotopic (exact) mass is 451 g/mol. The van der Waals surface area contributed by atoms with E-state index in [-0.39, 0.29) is 17.3 Å². The molecule has 0 bridgehead atoms. The zero-order valence-electron chi connectivity index (χ0n) is 19.9. The van der Waals surface area contributed by atoms with Crippen molar-refractivity contribution in [3.8, 4) is 0 Å². The van der Waals surface area contributed by atoms with Crippen LogP contribution in [-0.2, 0) is 21.5 Å². The zero-order chi connectivity index (χ0) is 23.1. The summed E-state index contributed by atoms with van der Waals surface area (Å²) in [5.74, 6) is 0.572. The number of halogens is 1. The molecule has 4 rings (SSSR count). The molecule has 2 aromatic rings. The fourth-order valence-corrected chi connectivity index (χ4v) is 6.20. The molecule has 2 aliphatic rings. The molecule has 2 aliphatic carbocycles. The molecule has 0 unspecified atom stereocenters. The number of rotatable bonds is 4. The standard InChI is InChI=1S/C28H34ClNO2/c1-18(2)21-9-13-24-22(17-21)10-14-25-27(24,4)15-6-16-28(25,5)26(31)32-30-19(3)20-7-11-23(29)12-8-20/h7-9,11-13,17-18,25H,6,10,14-16H2,1-5H3/b30-19+/t25-,27-,28-/m1/s1. The second-order valence-electron chi connectivity index (χ2n) is 10.4. The number of nitrogens with zero attached hydrogens (tertiary/aromatic N) is 1. The molecule has 4 heteroatoms. The van der Waals surface area contributed by atoms with Gasteiger partial charge in [0.15, 0.2) is 0 Å². The molecule has 32 heavy (non-hydrogen) atoms. The van der Waals surface area contributed by atoms with Crippen molar-refractivity contribution in [3.63, 3.8) is 0 Å². The molecule has 1 fully saturated rings. The third-order valence-corrected chi connectivity index (χ3v) is 8.29. The molecule has 170 valence electrons. The predicted molar refractivity (Wildman–Crippen MR) is 131 cm³/mol. The number of fused-ring (bicyclic) bond motifs is 3. The summed E-state index contributed by atoms with van der Waals surface area (Å²) in [6.07, 6.45) is 5.01. The topological polar surface area (TPSA) is 38.7 Å². The second-order valence-corrected chi connectivity index (χ2v) is 10.8. The van der Waals surface area contributed by atoms with E-state index in [1.807, 2.05) is 31.2 Å². The maximum atomic E-state index is 13.4. The van der Waals surface area contributed by atoms with Crippen LogP contribution in [0.3, 0.4) is 0 Å². The van der Waals surface area contributed by atoms with Gasteiger partial charge in [-0.25, -0.2) is 4.79 Å². The molecular formula is C28H34ClNO2. The Hall–Kier alpha value is -2.13. The SMILES string of the molecule is C/C(=N\OC(=O)[C@]1(C)CCC[C@]2(C)c3ccc(C(C)C)cc3CC[C@@H]12)c1ccc(Cl)cc1. The van der Waals surface area contributed by atoms with Gasteiger partial charge in [-0.1, -0.05) is 74.3 Å². The van der Waals surface area contributed by atoms with Crippen LogP contribution in [0.1, 0.15) is 88.5 Å². The fourth-order valence-electron chi connectivity index (χ4n) is 6.07. The van der Waals surface area contributed by atoms with Crippen molar-refractivity contribution < 1.29 is 9.63 Å². The van der Waals surface area contributed by atoms with Crippen molar-refractivity contribution in [2.75, 3.05) is 0 Å². The van der Waals surface area contributed by atoms with E-state index in [1.54, 1.807) is 0 Å². The van der Waals surface area contributed by atoms with Crippen molar-refractivity contribution >= 4 is 23.3 Å². The van der Waals surface area contributed by atoms with Gasteiger partial charge in [0.25, 0.3) is 0 Å². The van der Waals surface area contributed by atoms with Crippen LogP contribution in [0.4, 0.5) is 0 Å². The Labute approximate surface area is 197 Å². The number of aryl methyl sites for hydroxylation is 1. The lowest BCUT2D eigenvalue weighted by Gasteiger charge is -2.53. The lowest BCUT2D eigenvalue weighted by Crippen LogP contribution is -2.52. The number of benzene rings is 2. The quantitative estimate of drug-likeness (QED) is 0.275. The second kappa shape index (κ2) is 8.67. The molecular weight excluding hydrogens is 418 g/mol. The number of hydrogen-bond acceptors (Lipinski definition) is 3. The Morgan fingerprint density at radius 2 is 1.84 bits per heavy atom. The normalized spacial score (nSPS) is 27.6. The van der Waals surface area contributed by atoms with Crippen LogP contribution < -0.4 is 0 Å². The number of carbonyl (C=O) groups excluding carboxylic acids is 1. The van der Waals surface area contributed by atoms with E-state index < -0.39 is 5.41 Å². The van der Waals surface area contributed by atoms with Crippen molar-refractivity contribution in [2.45, 2.75) is 78.1 Å². The summed E-state index contributed by atoms with van der Waals surface area (Å²) in [7, 11) is 0. The smallest absolute Gasteiger partial charge is 0.317 e. The van der Waals surface area contributed by atoms with Crippen LogP contribution in [0.25, 0.3) is 0 Å². The summed E-state index contributed by atoms with van der Waals surface area (Å²) in [6, 6.07) is 14.4. The molecule has 3 atom stereocenters. The molecule has 0 aliphatic heterocycles. The first kappa shape index (κ1) is 23.0. The zero-order valence-corrected chi connectivity index (χ0v) is 20.6. The summed E-state index contributed by atoms with van der Waals surface area (Å²) >= 11 is 5.98. The minimum absolute atomic E-state index is 0.00987. The van der Waals surface area contributed by atoms with E-state index in [4.69, 9.17) is 16.4 Å². The van der Waals surface area contributed by atoms with Gasteiger partial charge in [0.05, 0.1) is 11.1 Å². The highest BCUT2D eigenvalue weighted by Gasteiger charge is 2.56. The van der Waals surface area contributed by atoms with E-state index in [0.29, 0.717) is 16.7 Å². The highest BCUT2D eigenvalue weighted by atomic mass is 35.5. The van der Waals surface area contributed by atoms with Gasteiger partial charge in [-0.15, -0.1) is 0 Å². The van der Waals surface area contributed by atoms with Crippen LogP contribution >= 0.6 is 11.6 Å². The third-order valence-electron chi connectivity index (χ3n) is 8.04. The van der Waals surface area contributed by atoms with Crippen LogP contribution in [0.2, 0.25) is 5.02 Å². The van der Waals surface area contributed by atoms with Crippen LogP contribution in [-0.4, -0.2) is 11.7 Å². The van der Waals surface area contributed by atoms with Gasteiger partial charge in [-0.2, -0.15) is 0 Å². The molecule has 0 aromatic heterocycles. The van der Waals surface area contributed by atoms with Gasteiger partial charge in [-0.3, -0.25) is 0 Å². The lowest BCUT2D eigenvalue weighted by atomic mass is 9.50. The summed E-state index contributed by atoms with van der Waals surface area (Å²) in [5.41, 5.74) is 5.31. The van der Waals surface area contributed by atoms with E-state index >= 15 is 0 Å². The molecule has 0 spiro atoms. The number of carbonyl (C=O) groups is 1. The van der Waals surface area contributed by atoms with Gasteiger partial charge >= 0.3 is 5.97 Å². The van der Waals surface area contributed by atoms with Gasteiger partial charge in [0.1, 0.15) is 0 Å². The van der Waals surface area contributed by atoms with E-state index in [9.17, 15) is 4.79 Å². The maximum absolute atomic E-state index is 13.4. The van der Waals surface area contributed by atoms with Crippen molar-refractivity contribution in [1.82, 2.24) is 0 Å². The molecule has 2 aromatic carbocycles. The molecule has 0 N–H and O–H groups in total. The minimum atomic E-state index is -0.537. The minimum Gasteiger partial charge on any atom is -0.317 e. The Morgan fingerprint density at radius 1 is 1.12 bits per heavy atom. The Morgan fingerprint density at radius 3 is 2.53 bits per heavy atom. The molecule has 1 saturated carbocycles. The highest BCUT2D eigenvalue weighted by Crippen LogP contribution is 2.57. The largest absolute Gasteiger partial charge is 0.341 e. The molecule has 0 saturated heterocycles. The average molecular weight is 452 g/mol. The molecule has 0 radical (unpaired) electrons. The molecule has 3 nitrogen and oxygen atoms in total. The number of oxime groups is 1. The maximum Gasteiger partial charge on any atom is 0.341 e. The average Bonchev–Trinajstić information content (AvgIpc) is 2.77.